The number of hydrogen-bond acceptors (Lipinski definition) is 2. The number of rotatable bonds is 3. The molecule has 0 bridgehead atoms. The van der Waals surface area contributed by atoms with Gasteiger partial charge in [-0.1, -0.05) is 12.1 Å². The highest BCUT2D eigenvalue weighted by molar-refractivity contribution is 5.22. The van der Waals surface area contributed by atoms with Crippen LogP contribution in [0.1, 0.15) is 59.1 Å². The van der Waals surface area contributed by atoms with Crippen molar-refractivity contribution in [3.63, 3.8) is 0 Å². The van der Waals surface area contributed by atoms with Crippen LogP contribution in [0.4, 0.5) is 8.78 Å². The predicted molar refractivity (Wildman–Crippen MR) is 82.2 cm³/mol. The van der Waals surface area contributed by atoms with E-state index in [4.69, 9.17) is 0 Å². The maximum atomic E-state index is 13.9. The Morgan fingerprint density at radius 1 is 1.14 bits per heavy atom. The summed E-state index contributed by atoms with van der Waals surface area (Å²) >= 11 is 0. The molecule has 0 radical (unpaired) electrons. The second kappa shape index (κ2) is 5.65. The summed E-state index contributed by atoms with van der Waals surface area (Å²) in [6.07, 6.45) is 1.91. The van der Waals surface area contributed by atoms with E-state index in [-0.39, 0.29) is 23.2 Å². The lowest BCUT2D eigenvalue weighted by Crippen LogP contribution is -2.61. The van der Waals surface area contributed by atoms with Gasteiger partial charge in [0.1, 0.15) is 0 Å². The maximum Gasteiger partial charge on any atom is 0.163 e. The summed E-state index contributed by atoms with van der Waals surface area (Å²) in [6.45, 7) is 10.6. The Hall–Kier alpha value is -1.00. The van der Waals surface area contributed by atoms with E-state index in [2.05, 4.69) is 38.3 Å². The van der Waals surface area contributed by atoms with E-state index >= 15 is 0 Å². The van der Waals surface area contributed by atoms with Gasteiger partial charge in [0.25, 0.3) is 0 Å². The lowest BCUT2D eigenvalue weighted by molar-refractivity contribution is 0.140. The molecule has 1 unspecified atom stereocenters. The zero-order valence-electron chi connectivity index (χ0n) is 13.6. The number of halogens is 2. The lowest BCUT2D eigenvalue weighted by atomic mass is 9.79. The molecular weight excluding hydrogens is 270 g/mol. The fourth-order valence-electron chi connectivity index (χ4n) is 3.74. The smallest absolute Gasteiger partial charge is 0.163 e. The Morgan fingerprint density at radius 3 is 2.29 bits per heavy atom. The van der Waals surface area contributed by atoms with Gasteiger partial charge < -0.3 is 10.6 Å². The van der Waals surface area contributed by atoms with Crippen LogP contribution in [-0.2, 0) is 0 Å². The Balaban J connectivity index is 2.12. The second-order valence-electron chi connectivity index (χ2n) is 7.53. The highest BCUT2D eigenvalue weighted by Crippen LogP contribution is 2.30. The van der Waals surface area contributed by atoms with Crippen LogP contribution in [0.2, 0.25) is 0 Å². The molecule has 1 aromatic rings. The first-order chi connectivity index (χ1) is 9.60. The third kappa shape index (κ3) is 4.01. The van der Waals surface area contributed by atoms with Crippen LogP contribution in [0.25, 0.3) is 0 Å². The van der Waals surface area contributed by atoms with Crippen LogP contribution in [0, 0.1) is 11.6 Å². The van der Waals surface area contributed by atoms with E-state index in [0.29, 0.717) is 5.56 Å². The van der Waals surface area contributed by atoms with Crippen molar-refractivity contribution in [2.75, 3.05) is 0 Å². The van der Waals surface area contributed by atoms with Gasteiger partial charge in [0, 0.05) is 28.7 Å². The van der Waals surface area contributed by atoms with Crippen LogP contribution in [0.15, 0.2) is 18.2 Å². The Labute approximate surface area is 126 Å². The Kier molecular flexibility index (Phi) is 4.41. The van der Waals surface area contributed by atoms with Crippen molar-refractivity contribution in [1.82, 2.24) is 10.6 Å². The molecule has 1 aliphatic rings. The number of benzene rings is 1. The zero-order chi connectivity index (χ0) is 15.8. The molecule has 0 aromatic heterocycles. The normalized spacial score (nSPS) is 23.0. The van der Waals surface area contributed by atoms with Gasteiger partial charge in [-0.25, -0.2) is 8.78 Å². The van der Waals surface area contributed by atoms with Gasteiger partial charge in [0.2, 0.25) is 0 Å². The summed E-state index contributed by atoms with van der Waals surface area (Å²) in [5, 5.41) is 7.09. The van der Waals surface area contributed by atoms with Gasteiger partial charge in [-0.15, -0.1) is 0 Å². The third-order valence-corrected chi connectivity index (χ3v) is 4.12. The first-order valence-corrected chi connectivity index (χ1v) is 7.59. The first kappa shape index (κ1) is 16.4. The summed E-state index contributed by atoms with van der Waals surface area (Å²) in [6, 6.07) is 4.42. The van der Waals surface area contributed by atoms with E-state index in [9.17, 15) is 8.78 Å². The monoisotopic (exact) mass is 296 g/mol. The SMILES string of the molecule is CC(NC1CC(C)(C)NC(C)(C)C1)c1cccc(F)c1F. The number of nitrogens with one attached hydrogen (secondary N) is 2. The summed E-state index contributed by atoms with van der Waals surface area (Å²) in [5.74, 6) is -1.53. The van der Waals surface area contributed by atoms with Gasteiger partial charge in [0.05, 0.1) is 0 Å². The molecule has 2 N–H and O–H groups in total. The van der Waals surface area contributed by atoms with Gasteiger partial charge in [-0.3, -0.25) is 0 Å². The van der Waals surface area contributed by atoms with Crippen LogP contribution in [-0.4, -0.2) is 17.1 Å². The number of hydrogen-bond donors (Lipinski definition) is 2. The molecule has 1 aliphatic heterocycles. The average molecular weight is 296 g/mol. The van der Waals surface area contributed by atoms with Crippen molar-refractivity contribution >= 4 is 0 Å². The minimum atomic E-state index is -0.785. The van der Waals surface area contributed by atoms with Crippen LogP contribution >= 0.6 is 0 Å². The standard InChI is InChI=1S/C17H26F2N2/c1-11(13-7-6-8-14(18)15(13)19)20-12-9-16(2,3)21-17(4,5)10-12/h6-8,11-12,20-21H,9-10H2,1-5H3. The minimum absolute atomic E-state index is 0.0274. The quantitative estimate of drug-likeness (QED) is 0.883. The van der Waals surface area contributed by atoms with Gasteiger partial charge in [-0.05, 0) is 53.5 Å². The molecule has 2 nitrogen and oxygen atoms in total. The van der Waals surface area contributed by atoms with Crippen molar-refractivity contribution < 1.29 is 8.78 Å². The van der Waals surface area contributed by atoms with E-state index in [0.717, 1.165) is 18.9 Å². The molecule has 0 saturated carbocycles. The first-order valence-electron chi connectivity index (χ1n) is 7.59. The predicted octanol–water partition coefficient (Wildman–Crippen LogP) is 3.92. The largest absolute Gasteiger partial charge is 0.307 e. The van der Waals surface area contributed by atoms with Crippen molar-refractivity contribution in [2.45, 2.75) is 70.6 Å². The maximum absolute atomic E-state index is 13.9. The van der Waals surface area contributed by atoms with Crippen LogP contribution in [0.5, 0.6) is 0 Å². The molecule has 0 amide bonds. The highest BCUT2D eigenvalue weighted by Gasteiger charge is 2.38. The molecule has 1 atom stereocenters. The summed E-state index contributed by atoms with van der Waals surface area (Å²) in [4.78, 5) is 0. The molecule has 21 heavy (non-hydrogen) atoms. The molecule has 118 valence electrons. The van der Waals surface area contributed by atoms with Crippen molar-refractivity contribution in [3.05, 3.63) is 35.4 Å². The zero-order valence-corrected chi connectivity index (χ0v) is 13.6. The van der Waals surface area contributed by atoms with E-state index in [1.807, 2.05) is 6.92 Å². The summed E-state index contributed by atoms with van der Waals surface area (Å²) < 4.78 is 27.2. The summed E-state index contributed by atoms with van der Waals surface area (Å²) in [5.41, 5.74) is 0.448. The molecule has 0 aliphatic carbocycles. The molecule has 1 fully saturated rings. The average Bonchev–Trinajstić information content (AvgIpc) is 2.28. The topological polar surface area (TPSA) is 24.1 Å². The fourth-order valence-corrected chi connectivity index (χ4v) is 3.74. The van der Waals surface area contributed by atoms with Crippen LogP contribution in [0.3, 0.4) is 0 Å². The van der Waals surface area contributed by atoms with Gasteiger partial charge in [-0.2, -0.15) is 0 Å². The molecule has 0 spiro atoms. The minimum Gasteiger partial charge on any atom is -0.307 e. The summed E-state index contributed by atoms with van der Waals surface area (Å²) in [7, 11) is 0. The Bertz CT molecular complexity index is 496. The van der Waals surface area contributed by atoms with E-state index in [1.54, 1.807) is 12.1 Å². The highest BCUT2D eigenvalue weighted by atomic mass is 19.2. The van der Waals surface area contributed by atoms with Crippen molar-refractivity contribution in [2.24, 2.45) is 0 Å². The van der Waals surface area contributed by atoms with Crippen LogP contribution < -0.4 is 10.6 Å². The van der Waals surface area contributed by atoms with Gasteiger partial charge in [0.15, 0.2) is 11.6 Å². The molecule has 1 saturated heterocycles. The second-order valence-corrected chi connectivity index (χ2v) is 7.53. The molecule has 2 rings (SSSR count). The fraction of sp³-hybridized carbons (Fsp3) is 0.647. The lowest BCUT2D eigenvalue weighted by Gasteiger charge is -2.47. The number of piperidine rings is 1. The molecule has 4 heteroatoms. The third-order valence-electron chi connectivity index (χ3n) is 4.12. The van der Waals surface area contributed by atoms with Gasteiger partial charge >= 0.3 is 0 Å². The molecule has 1 heterocycles. The van der Waals surface area contributed by atoms with E-state index in [1.165, 1.54) is 0 Å². The molecular formula is C17H26F2N2. The van der Waals surface area contributed by atoms with Crippen molar-refractivity contribution in [3.8, 4) is 0 Å². The van der Waals surface area contributed by atoms with Crippen molar-refractivity contribution in [1.29, 1.82) is 0 Å². The Morgan fingerprint density at radius 2 is 1.71 bits per heavy atom. The molecule has 1 aromatic carbocycles. The van der Waals surface area contributed by atoms with E-state index < -0.39 is 11.6 Å².